The zero-order valence-electron chi connectivity index (χ0n) is 18.4. The van der Waals surface area contributed by atoms with Crippen LogP contribution in [-0.2, 0) is 4.79 Å². The Kier molecular flexibility index (Phi) is 5.99. The van der Waals surface area contributed by atoms with E-state index in [9.17, 15) is 14.0 Å². The number of rotatable bonds is 6. The summed E-state index contributed by atoms with van der Waals surface area (Å²) in [6, 6.07) is 19.8. The van der Waals surface area contributed by atoms with Crippen LogP contribution in [-0.4, -0.2) is 28.3 Å². The summed E-state index contributed by atoms with van der Waals surface area (Å²) in [6.45, 7) is -0.226. The fourth-order valence-corrected chi connectivity index (χ4v) is 4.30. The molecule has 7 nitrogen and oxygen atoms in total. The highest BCUT2D eigenvalue weighted by Gasteiger charge is 2.21. The number of aromatic amines is 1. The van der Waals surface area contributed by atoms with Crippen molar-refractivity contribution in [3.63, 3.8) is 0 Å². The van der Waals surface area contributed by atoms with E-state index in [0.717, 1.165) is 22.2 Å². The molecule has 0 aliphatic carbocycles. The van der Waals surface area contributed by atoms with Gasteiger partial charge >= 0.3 is 0 Å². The predicted octanol–water partition coefficient (Wildman–Crippen LogP) is 5.30. The van der Waals surface area contributed by atoms with Crippen molar-refractivity contribution in [3.8, 4) is 11.3 Å². The lowest BCUT2D eigenvalue weighted by atomic mass is 10.1. The number of aromatic nitrogens is 2. The Morgan fingerprint density at radius 3 is 2.51 bits per heavy atom. The minimum absolute atomic E-state index is 0.226. The summed E-state index contributed by atoms with van der Waals surface area (Å²) in [5.74, 6) is -1.23. The SMILES string of the molecule is Nc1nc(-c2ccc(NC(=O)CN(C(=O)c3ccc(F)cc3)c3ccc4[nH]ccc4c3)cc2)cs1. The maximum atomic E-state index is 13.4. The summed E-state index contributed by atoms with van der Waals surface area (Å²) < 4.78 is 13.4. The predicted molar refractivity (Wildman–Crippen MR) is 137 cm³/mol. The molecular weight excluding hydrogens is 465 g/mol. The van der Waals surface area contributed by atoms with E-state index < -0.39 is 11.7 Å². The third-order valence-corrected chi connectivity index (χ3v) is 6.15. The summed E-state index contributed by atoms with van der Waals surface area (Å²) in [5, 5.41) is 6.08. The van der Waals surface area contributed by atoms with E-state index in [0.29, 0.717) is 16.5 Å². The first-order chi connectivity index (χ1) is 17.0. The molecule has 35 heavy (non-hydrogen) atoms. The second kappa shape index (κ2) is 9.40. The zero-order valence-corrected chi connectivity index (χ0v) is 19.2. The highest BCUT2D eigenvalue weighted by atomic mass is 32.1. The molecule has 2 amide bonds. The Morgan fingerprint density at radius 2 is 1.80 bits per heavy atom. The number of amides is 2. The van der Waals surface area contributed by atoms with Crippen molar-refractivity contribution < 1.29 is 14.0 Å². The number of benzene rings is 3. The molecule has 2 aromatic heterocycles. The topological polar surface area (TPSA) is 104 Å². The Hall–Kier alpha value is -4.50. The van der Waals surface area contributed by atoms with Gasteiger partial charge in [0.2, 0.25) is 5.91 Å². The highest BCUT2D eigenvalue weighted by molar-refractivity contribution is 7.13. The van der Waals surface area contributed by atoms with Gasteiger partial charge in [-0.25, -0.2) is 9.37 Å². The number of hydrogen-bond donors (Lipinski definition) is 3. The van der Waals surface area contributed by atoms with E-state index in [1.165, 1.54) is 40.5 Å². The third-order valence-electron chi connectivity index (χ3n) is 5.47. The van der Waals surface area contributed by atoms with Crippen molar-refractivity contribution >= 4 is 50.6 Å². The summed E-state index contributed by atoms with van der Waals surface area (Å²) in [4.78, 5) is 35.0. The van der Waals surface area contributed by atoms with Gasteiger partial charge in [-0.2, -0.15) is 0 Å². The largest absolute Gasteiger partial charge is 0.375 e. The molecule has 3 aromatic carbocycles. The first-order valence-corrected chi connectivity index (χ1v) is 11.6. The number of nitrogens with zero attached hydrogens (tertiary/aromatic N) is 2. The molecule has 4 N–H and O–H groups in total. The number of nitrogens with one attached hydrogen (secondary N) is 2. The average Bonchev–Trinajstić information content (AvgIpc) is 3.51. The molecule has 0 spiro atoms. The van der Waals surface area contributed by atoms with E-state index in [1.807, 2.05) is 35.7 Å². The maximum Gasteiger partial charge on any atom is 0.258 e. The minimum Gasteiger partial charge on any atom is -0.375 e. The Labute approximate surface area is 204 Å². The molecule has 0 saturated heterocycles. The molecule has 5 aromatic rings. The maximum absolute atomic E-state index is 13.4. The summed E-state index contributed by atoms with van der Waals surface area (Å²) in [7, 11) is 0. The van der Waals surface area contributed by atoms with Crippen molar-refractivity contribution in [2.24, 2.45) is 0 Å². The number of H-pyrrole nitrogens is 1. The van der Waals surface area contributed by atoms with Crippen LogP contribution < -0.4 is 16.0 Å². The molecule has 2 heterocycles. The van der Waals surface area contributed by atoms with Crippen LogP contribution in [0.1, 0.15) is 10.4 Å². The van der Waals surface area contributed by atoms with Crippen molar-refractivity contribution in [2.75, 3.05) is 22.5 Å². The number of carbonyl (C=O) groups is 2. The average molecular weight is 486 g/mol. The van der Waals surface area contributed by atoms with Crippen LogP contribution in [0.3, 0.4) is 0 Å². The number of nitrogen functional groups attached to an aromatic ring is 1. The van der Waals surface area contributed by atoms with Crippen LogP contribution in [0.2, 0.25) is 0 Å². The van der Waals surface area contributed by atoms with Gasteiger partial charge in [-0.15, -0.1) is 11.3 Å². The van der Waals surface area contributed by atoms with E-state index in [4.69, 9.17) is 5.73 Å². The van der Waals surface area contributed by atoms with Gasteiger partial charge in [-0.1, -0.05) is 12.1 Å². The van der Waals surface area contributed by atoms with Gasteiger partial charge in [0, 0.05) is 45.0 Å². The molecule has 0 aliphatic heterocycles. The van der Waals surface area contributed by atoms with Gasteiger partial charge in [0.25, 0.3) is 5.91 Å². The number of halogens is 1. The van der Waals surface area contributed by atoms with Crippen molar-refractivity contribution in [1.82, 2.24) is 9.97 Å². The first kappa shape index (κ1) is 22.3. The highest BCUT2D eigenvalue weighted by Crippen LogP contribution is 2.25. The second-order valence-electron chi connectivity index (χ2n) is 7.84. The van der Waals surface area contributed by atoms with Crippen molar-refractivity contribution in [2.45, 2.75) is 0 Å². The number of thiazole rings is 1. The Bertz CT molecular complexity index is 1510. The normalized spacial score (nSPS) is 10.9. The number of hydrogen-bond acceptors (Lipinski definition) is 5. The molecule has 0 bridgehead atoms. The first-order valence-electron chi connectivity index (χ1n) is 10.7. The number of nitrogens with two attached hydrogens (primary N) is 1. The van der Waals surface area contributed by atoms with Gasteiger partial charge < -0.3 is 16.0 Å². The fourth-order valence-electron chi connectivity index (χ4n) is 3.73. The summed E-state index contributed by atoms with van der Waals surface area (Å²) >= 11 is 1.36. The van der Waals surface area contributed by atoms with Crippen molar-refractivity contribution in [3.05, 3.63) is 95.8 Å². The van der Waals surface area contributed by atoms with Crippen LogP contribution in [0.4, 0.5) is 20.9 Å². The lowest BCUT2D eigenvalue weighted by Crippen LogP contribution is -2.38. The van der Waals surface area contributed by atoms with Crippen LogP contribution in [0.5, 0.6) is 0 Å². The molecule has 0 fully saturated rings. The van der Waals surface area contributed by atoms with Gasteiger partial charge in [-0.3, -0.25) is 14.5 Å². The van der Waals surface area contributed by atoms with E-state index in [-0.39, 0.29) is 18.0 Å². The third kappa shape index (κ3) is 4.90. The molecular formula is C26H20FN5O2S. The summed E-state index contributed by atoms with van der Waals surface area (Å²) in [6.07, 6.45) is 1.80. The standard InChI is InChI=1S/C26H20FN5O2S/c27-19-5-1-17(2-6-19)25(34)32(21-9-10-22-18(13-21)11-12-29-22)14-24(33)30-20-7-3-16(4-8-20)23-15-35-26(28)31-23/h1-13,15,29H,14H2,(H2,28,31)(H,30,33). The number of fused-ring (bicyclic) bond motifs is 1. The Balaban J connectivity index is 1.37. The van der Waals surface area contributed by atoms with Crippen LogP contribution >= 0.6 is 11.3 Å². The van der Waals surface area contributed by atoms with Crippen molar-refractivity contribution in [1.29, 1.82) is 0 Å². The molecule has 0 radical (unpaired) electrons. The van der Waals surface area contributed by atoms with Crippen LogP contribution in [0.25, 0.3) is 22.2 Å². The van der Waals surface area contributed by atoms with E-state index >= 15 is 0 Å². The molecule has 5 rings (SSSR count). The smallest absolute Gasteiger partial charge is 0.258 e. The van der Waals surface area contributed by atoms with E-state index in [1.54, 1.807) is 24.4 Å². The van der Waals surface area contributed by atoms with Crippen LogP contribution in [0.15, 0.2) is 84.4 Å². The Morgan fingerprint density at radius 1 is 1.03 bits per heavy atom. The molecule has 0 saturated carbocycles. The second-order valence-corrected chi connectivity index (χ2v) is 8.73. The number of carbonyl (C=O) groups excluding carboxylic acids is 2. The van der Waals surface area contributed by atoms with Gasteiger partial charge in [-0.05, 0) is 60.7 Å². The van der Waals surface area contributed by atoms with Gasteiger partial charge in [0.1, 0.15) is 12.4 Å². The van der Waals surface area contributed by atoms with Gasteiger partial charge in [0.05, 0.1) is 5.69 Å². The quantitative estimate of drug-likeness (QED) is 0.304. The zero-order chi connectivity index (χ0) is 24.4. The minimum atomic E-state index is -0.441. The van der Waals surface area contributed by atoms with E-state index in [2.05, 4.69) is 15.3 Å². The monoisotopic (exact) mass is 485 g/mol. The number of anilines is 3. The lowest BCUT2D eigenvalue weighted by molar-refractivity contribution is -0.114. The molecule has 0 unspecified atom stereocenters. The van der Waals surface area contributed by atoms with Gasteiger partial charge in [0.15, 0.2) is 5.13 Å². The van der Waals surface area contributed by atoms with Crippen LogP contribution in [0, 0.1) is 5.82 Å². The lowest BCUT2D eigenvalue weighted by Gasteiger charge is -2.23. The molecule has 0 atom stereocenters. The fraction of sp³-hybridized carbons (Fsp3) is 0.0385. The summed E-state index contributed by atoms with van der Waals surface area (Å²) in [5.41, 5.74) is 9.67. The molecule has 174 valence electrons. The molecule has 9 heteroatoms. The molecule has 0 aliphatic rings.